The molecule has 60 valence electrons. The maximum atomic E-state index is 2.54. The minimum Gasteiger partial charge on any atom is -0.374 e. The van der Waals surface area contributed by atoms with Crippen LogP contribution in [0.5, 0.6) is 0 Å². The van der Waals surface area contributed by atoms with Crippen molar-refractivity contribution in [3.8, 4) is 0 Å². The standard InChI is InChI=1S/C10H15N/c1-9-5-4-6-10(9)11-7-2-3-8-11/h4-5H,2-3,6-8H2,1H3. The van der Waals surface area contributed by atoms with E-state index in [2.05, 4.69) is 24.0 Å². The summed E-state index contributed by atoms with van der Waals surface area (Å²) in [5, 5.41) is 0. The van der Waals surface area contributed by atoms with Gasteiger partial charge < -0.3 is 4.90 Å². The molecule has 1 saturated heterocycles. The fourth-order valence-corrected chi connectivity index (χ4v) is 1.97. The van der Waals surface area contributed by atoms with E-state index in [1.54, 1.807) is 5.70 Å². The van der Waals surface area contributed by atoms with Gasteiger partial charge in [-0.1, -0.05) is 12.2 Å². The highest BCUT2D eigenvalue weighted by molar-refractivity contribution is 5.31. The van der Waals surface area contributed by atoms with E-state index < -0.39 is 0 Å². The van der Waals surface area contributed by atoms with Gasteiger partial charge in [0.1, 0.15) is 0 Å². The van der Waals surface area contributed by atoms with Crippen LogP contribution in [0.15, 0.2) is 23.4 Å². The smallest absolute Gasteiger partial charge is 0.0201 e. The average Bonchev–Trinajstić information content (AvgIpc) is 2.55. The molecule has 0 atom stereocenters. The molecule has 2 aliphatic rings. The van der Waals surface area contributed by atoms with Gasteiger partial charge in [0, 0.05) is 25.2 Å². The number of hydrogen-bond donors (Lipinski definition) is 0. The minimum absolute atomic E-state index is 1.17. The molecule has 0 spiro atoms. The predicted octanol–water partition coefficient (Wildman–Crippen LogP) is 2.32. The summed E-state index contributed by atoms with van der Waals surface area (Å²) in [6, 6.07) is 0. The zero-order valence-electron chi connectivity index (χ0n) is 7.14. The van der Waals surface area contributed by atoms with Crippen molar-refractivity contribution in [1.29, 1.82) is 0 Å². The third-order valence-electron chi connectivity index (χ3n) is 2.62. The lowest BCUT2D eigenvalue weighted by atomic mass is 10.2. The second kappa shape index (κ2) is 2.72. The molecule has 0 aromatic heterocycles. The second-order valence-corrected chi connectivity index (χ2v) is 3.43. The third kappa shape index (κ3) is 1.20. The maximum Gasteiger partial charge on any atom is 0.0201 e. The van der Waals surface area contributed by atoms with Gasteiger partial charge in [0.25, 0.3) is 0 Å². The normalized spacial score (nSPS) is 23.9. The molecule has 1 heterocycles. The molecule has 0 bridgehead atoms. The van der Waals surface area contributed by atoms with Gasteiger partial charge in [-0.3, -0.25) is 0 Å². The molecule has 0 radical (unpaired) electrons. The van der Waals surface area contributed by atoms with Crippen molar-refractivity contribution in [2.45, 2.75) is 26.2 Å². The first-order chi connectivity index (χ1) is 5.38. The Kier molecular flexibility index (Phi) is 1.72. The summed E-state index contributed by atoms with van der Waals surface area (Å²) in [5.41, 5.74) is 3.05. The van der Waals surface area contributed by atoms with E-state index in [9.17, 15) is 0 Å². The third-order valence-corrected chi connectivity index (χ3v) is 2.62. The van der Waals surface area contributed by atoms with Gasteiger partial charge in [0.05, 0.1) is 0 Å². The number of hydrogen-bond acceptors (Lipinski definition) is 1. The van der Waals surface area contributed by atoms with Crippen LogP contribution in [0.25, 0.3) is 0 Å². The van der Waals surface area contributed by atoms with Crippen molar-refractivity contribution >= 4 is 0 Å². The first-order valence-corrected chi connectivity index (χ1v) is 4.49. The van der Waals surface area contributed by atoms with E-state index >= 15 is 0 Å². The molecule has 1 aliphatic carbocycles. The number of likely N-dealkylation sites (tertiary alicyclic amines) is 1. The van der Waals surface area contributed by atoms with Crippen molar-refractivity contribution in [1.82, 2.24) is 4.90 Å². The van der Waals surface area contributed by atoms with Crippen LogP contribution in [0.4, 0.5) is 0 Å². The number of nitrogens with zero attached hydrogens (tertiary/aromatic N) is 1. The van der Waals surface area contributed by atoms with Crippen LogP contribution in [0.3, 0.4) is 0 Å². The van der Waals surface area contributed by atoms with Crippen molar-refractivity contribution < 1.29 is 0 Å². The van der Waals surface area contributed by atoms with Crippen molar-refractivity contribution in [3.63, 3.8) is 0 Å². The van der Waals surface area contributed by atoms with Gasteiger partial charge in [0.15, 0.2) is 0 Å². The molecule has 1 nitrogen and oxygen atoms in total. The minimum atomic E-state index is 1.17. The quantitative estimate of drug-likeness (QED) is 0.553. The Labute approximate surface area is 68.4 Å². The van der Waals surface area contributed by atoms with Crippen LogP contribution in [-0.4, -0.2) is 18.0 Å². The monoisotopic (exact) mass is 149 g/mol. The summed E-state index contributed by atoms with van der Waals surface area (Å²) in [4.78, 5) is 2.54. The Morgan fingerprint density at radius 3 is 2.55 bits per heavy atom. The molecule has 2 rings (SSSR count). The zero-order chi connectivity index (χ0) is 7.68. The van der Waals surface area contributed by atoms with Crippen molar-refractivity contribution in [3.05, 3.63) is 23.4 Å². The molecule has 0 N–H and O–H groups in total. The van der Waals surface area contributed by atoms with Crippen LogP contribution in [-0.2, 0) is 0 Å². The van der Waals surface area contributed by atoms with E-state index in [1.165, 1.54) is 37.9 Å². The number of rotatable bonds is 1. The lowest BCUT2D eigenvalue weighted by Crippen LogP contribution is -2.18. The van der Waals surface area contributed by atoms with Crippen LogP contribution in [0.2, 0.25) is 0 Å². The van der Waals surface area contributed by atoms with Crippen LogP contribution in [0, 0.1) is 0 Å². The summed E-state index contributed by atoms with van der Waals surface area (Å²) in [5.74, 6) is 0. The molecular weight excluding hydrogens is 134 g/mol. The Morgan fingerprint density at radius 2 is 2.00 bits per heavy atom. The molecule has 1 fully saturated rings. The average molecular weight is 149 g/mol. The van der Waals surface area contributed by atoms with Crippen LogP contribution in [0.1, 0.15) is 26.2 Å². The largest absolute Gasteiger partial charge is 0.374 e. The lowest BCUT2D eigenvalue weighted by molar-refractivity contribution is 0.417. The zero-order valence-corrected chi connectivity index (χ0v) is 7.14. The summed E-state index contributed by atoms with van der Waals surface area (Å²) in [6.45, 7) is 4.79. The SMILES string of the molecule is CC1=C(N2CCCC2)CC=C1. The van der Waals surface area contributed by atoms with Crippen molar-refractivity contribution in [2.24, 2.45) is 0 Å². The Bertz CT molecular complexity index is 207. The summed E-state index contributed by atoms with van der Waals surface area (Å²) >= 11 is 0. The van der Waals surface area contributed by atoms with Crippen LogP contribution < -0.4 is 0 Å². The molecule has 1 heteroatoms. The van der Waals surface area contributed by atoms with E-state index in [0.717, 1.165) is 0 Å². The molecule has 0 saturated carbocycles. The van der Waals surface area contributed by atoms with Gasteiger partial charge in [-0.15, -0.1) is 0 Å². The van der Waals surface area contributed by atoms with Gasteiger partial charge >= 0.3 is 0 Å². The molecule has 0 aromatic rings. The molecule has 11 heavy (non-hydrogen) atoms. The second-order valence-electron chi connectivity index (χ2n) is 3.43. The maximum absolute atomic E-state index is 2.54. The first-order valence-electron chi connectivity index (χ1n) is 4.49. The highest BCUT2D eigenvalue weighted by Gasteiger charge is 2.16. The topological polar surface area (TPSA) is 3.24 Å². The number of allylic oxidation sites excluding steroid dienone is 3. The summed E-state index contributed by atoms with van der Waals surface area (Å²) in [7, 11) is 0. The Morgan fingerprint density at radius 1 is 1.27 bits per heavy atom. The Hall–Kier alpha value is -0.720. The van der Waals surface area contributed by atoms with Gasteiger partial charge in [0.2, 0.25) is 0 Å². The summed E-state index contributed by atoms with van der Waals surface area (Å²) in [6.07, 6.45) is 8.45. The van der Waals surface area contributed by atoms with Crippen LogP contribution >= 0.6 is 0 Å². The molecule has 0 aromatic carbocycles. The van der Waals surface area contributed by atoms with E-state index in [-0.39, 0.29) is 0 Å². The van der Waals surface area contributed by atoms with Gasteiger partial charge in [-0.05, 0) is 25.3 Å². The lowest BCUT2D eigenvalue weighted by Gasteiger charge is -2.19. The molecule has 0 unspecified atom stereocenters. The highest BCUT2D eigenvalue weighted by atomic mass is 15.1. The first kappa shape index (κ1) is 6.96. The van der Waals surface area contributed by atoms with Gasteiger partial charge in [-0.25, -0.2) is 0 Å². The summed E-state index contributed by atoms with van der Waals surface area (Å²) < 4.78 is 0. The molecular formula is C10H15N. The van der Waals surface area contributed by atoms with E-state index in [1.807, 2.05) is 0 Å². The predicted molar refractivity (Wildman–Crippen MR) is 47.3 cm³/mol. The molecule has 0 amide bonds. The van der Waals surface area contributed by atoms with E-state index in [4.69, 9.17) is 0 Å². The molecule has 1 aliphatic heterocycles. The highest BCUT2D eigenvalue weighted by Crippen LogP contribution is 2.25. The Balaban J connectivity index is 2.10. The fraction of sp³-hybridized carbons (Fsp3) is 0.600. The van der Waals surface area contributed by atoms with E-state index in [0.29, 0.717) is 0 Å². The van der Waals surface area contributed by atoms with Crippen molar-refractivity contribution in [2.75, 3.05) is 13.1 Å². The fourth-order valence-electron chi connectivity index (χ4n) is 1.97. The van der Waals surface area contributed by atoms with Gasteiger partial charge in [-0.2, -0.15) is 0 Å².